The second-order valence-corrected chi connectivity index (χ2v) is 6.97. The summed E-state index contributed by atoms with van der Waals surface area (Å²) in [4.78, 5) is 15.9. The smallest absolute Gasteiger partial charge is 0.309 e. The lowest BCUT2D eigenvalue weighted by molar-refractivity contribution is -0.136. The number of halogens is 1. The highest BCUT2D eigenvalue weighted by atomic mass is 79.9. The average Bonchev–Trinajstić information content (AvgIpc) is 2.95. The van der Waals surface area contributed by atoms with Crippen LogP contribution in [0.3, 0.4) is 0 Å². The summed E-state index contributed by atoms with van der Waals surface area (Å²) in [5.74, 6) is 0.520. The molecule has 0 bridgehead atoms. The van der Waals surface area contributed by atoms with E-state index in [0.29, 0.717) is 30.4 Å². The third kappa shape index (κ3) is 2.47. The van der Waals surface area contributed by atoms with E-state index in [1.807, 2.05) is 0 Å². The first-order chi connectivity index (χ1) is 9.15. The van der Waals surface area contributed by atoms with Crippen LogP contribution in [0.25, 0.3) is 9.88 Å². The predicted octanol–water partition coefficient (Wildman–Crippen LogP) is 3.03. The van der Waals surface area contributed by atoms with Gasteiger partial charge in [-0.2, -0.15) is 0 Å². The van der Waals surface area contributed by atoms with Crippen LogP contribution in [0, 0.1) is 0 Å². The van der Waals surface area contributed by atoms with Gasteiger partial charge in [-0.3, -0.25) is 4.79 Å². The van der Waals surface area contributed by atoms with Crippen molar-refractivity contribution in [1.29, 1.82) is 0 Å². The SMILES string of the molecule is O=C(O)Cc1csc(-c2sc(Br)c3c2OCCO3)n1. The van der Waals surface area contributed by atoms with E-state index in [2.05, 4.69) is 20.9 Å². The van der Waals surface area contributed by atoms with Crippen molar-refractivity contribution in [3.8, 4) is 21.4 Å². The van der Waals surface area contributed by atoms with Crippen LogP contribution in [0.5, 0.6) is 11.5 Å². The molecule has 0 saturated heterocycles. The molecule has 3 heterocycles. The van der Waals surface area contributed by atoms with E-state index >= 15 is 0 Å². The molecule has 0 atom stereocenters. The summed E-state index contributed by atoms with van der Waals surface area (Å²) >= 11 is 6.34. The lowest BCUT2D eigenvalue weighted by atomic mass is 10.3. The maximum atomic E-state index is 10.7. The van der Waals surface area contributed by atoms with Gasteiger partial charge in [0, 0.05) is 5.38 Å². The molecule has 0 aliphatic carbocycles. The first-order valence-corrected chi connectivity index (χ1v) is 7.88. The minimum Gasteiger partial charge on any atom is -0.484 e. The molecule has 0 fully saturated rings. The average molecular weight is 362 g/mol. The number of thiazole rings is 1. The Morgan fingerprint density at radius 1 is 1.42 bits per heavy atom. The number of aromatic nitrogens is 1. The first kappa shape index (κ1) is 12.9. The maximum Gasteiger partial charge on any atom is 0.309 e. The van der Waals surface area contributed by atoms with E-state index in [9.17, 15) is 4.79 Å². The minimum absolute atomic E-state index is 0.0669. The molecule has 5 nitrogen and oxygen atoms in total. The Morgan fingerprint density at radius 3 is 2.89 bits per heavy atom. The largest absolute Gasteiger partial charge is 0.484 e. The van der Waals surface area contributed by atoms with Gasteiger partial charge in [0.15, 0.2) is 11.5 Å². The summed E-state index contributed by atoms with van der Waals surface area (Å²) in [7, 11) is 0. The summed E-state index contributed by atoms with van der Waals surface area (Å²) < 4.78 is 12.0. The van der Waals surface area contributed by atoms with Crippen LogP contribution in [-0.4, -0.2) is 29.3 Å². The second kappa shape index (κ2) is 5.10. The highest BCUT2D eigenvalue weighted by Crippen LogP contribution is 2.52. The van der Waals surface area contributed by atoms with E-state index in [1.165, 1.54) is 22.7 Å². The zero-order valence-electron chi connectivity index (χ0n) is 9.51. The van der Waals surface area contributed by atoms with Gasteiger partial charge in [-0.05, 0) is 15.9 Å². The van der Waals surface area contributed by atoms with Crippen molar-refractivity contribution in [3.05, 3.63) is 14.9 Å². The fourth-order valence-electron chi connectivity index (χ4n) is 1.70. The normalized spacial score (nSPS) is 13.5. The van der Waals surface area contributed by atoms with Crippen molar-refractivity contribution >= 4 is 44.6 Å². The van der Waals surface area contributed by atoms with Crippen molar-refractivity contribution in [2.75, 3.05) is 13.2 Å². The van der Waals surface area contributed by atoms with Crippen LogP contribution in [0.2, 0.25) is 0 Å². The van der Waals surface area contributed by atoms with Crippen molar-refractivity contribution in [2.24, 2.45) is 0 Å². The third-order valence-electron chi connectivity index (χ3n) is 2.44. The number of hydrogen-bond acceptors (Lipinski definition) is 6. The molecule has 19 heavy (non-hydrogen) atoms. The zero-order valence-corrected chi connectivity index (χ0v) is 12.7. The molecule has 3 rings (SSSR count). The van der Waals surface area contributed by atoms with Crippen molar-refractivity contribution in [1.82, 2.24) is 4.98 Å². The molecule has 1 aliphatic rings. The molecule has 0 radical (unpaired) electrons. The van der Waals surface area contributed by atoms with Gasteiger partial charge < -0.3 is 14.6 Å². The number of fused-ring (bicyclic) bond motifs is 1. The van der Waals surface area contributed by atoms with Crippen LogP contribution in [-0.2, 0) is 11.2 Å². The van der Waals surface area contributed by atoms with Crippen molar-refractivity contribution < 1.29 is 19.4 Å². The van der Waals surface area contributed by atoms with Gasteiger partial charge in [-0.15, -0.1) is 22.7 Å². The molecule has 100 valence electrons. The fraction of sp³-hybridized carbons (Fsp3) is 0.273. The molecule has 0 aromatic carbocycles. The van der Waals surface area contributed by atoms with E-state index < -0.39 is 5.97 Å². The van der Waals surface area contributed by atoms with Crippen LogP contribution in [0.1, 0.15) is 5.69 Å². The fourth-order valence-corrected chi connectivity index (χ4v) is 4.31. The molecule has 0 saturated carbocycles. The third-order valence-corrected chi connectivity index (χ3v) is 5.27. The highest BCUT2D eigenvalue weighted by Gasteiger charge is 2.25. The molecule has 1 aliphatic heterocycles. The van der Waals surface area contributed by atoms with Gasteiger partial charge in [0.2, 0.25) is 0 Å². The quantitative estimate of drug-likeness (QED) is 0.909. The zero-order chi connectivity index (χ0) is 13.4. The summed E-state index contributed by atoms with van der Waals surface area (Å²) in [6.07, 6.45) is -0.0669. The Bertz CT molecular complexity index is 637. The predicted molar refractivity (Wildman–Crippen MR) is 75.5 cm³/mol. The number of hydrogen-bond donors (Lipinski definition) is 1. The Kier molecular flexibility index (Phi) is 3.46. The van der Waals surface area contributed by atoms with Crippen LogP contribution < -0.4 is 9.47 Å². The van der Waals surface area contributed by atoms with Crippen LogP contribution in [0.4, 0.5) is 0 Å². The molecular formula is C11H8BrNO4S2. The summed E-state index contributed by atoms with van der Waals surface area (Å²) in [5, 5.41) is 11.3. The Balaban J connectivity index is 1.98. The highest BCUT2D eigenvalue weighted by molar-refractivity contribution is 9.11. The lowest BCUT2D eigenvalue weighted by Gasteiger charge is -2.15. The lowest BCUT2D eigenvalue weighted by Crippen LogP contribution is -2.14. The maximum absolute atomic E-state index is 10.7. The molecule has 0 spiro atoms. The molecule has 8 heteroatoms. The van der Waals surface area contributed by atoms with Gasteiger partial charge in [0.25, 0.3) is 0 Å². The molecule has 2 aromatic rings. The van der Waals surface area contributed by atoms with Gasteiger partial charge in [0.05, 0.1) is 12.1 Å². The Labute approximate surface area is 124 Å². The topological polar surface area (TPSA) is 68.7 Å². The molecule has 0 unspecified atom stereocenters. The standard InChI is InChI=1S/C11H8BrNO4S2/c12-10-8-7(16-1-2-17-8)9(19-10)11-13-5(4-18-11)3-6(14)15/h4H,1-3H2,(H,14,15). The number of carboxylic acid groups (broad SMARTS) is 1. The van der Waals surface area contributed by atoms with Gasteiger partial charge in [-0.1, -0.05) is 0 Å². The monoisotopic (exact) mass is 361 g/mol. The number of thiophene rings is 1. The van der Waals surface area contributed by atoms with Crippen LogP contribution in [0.15, 0.2) is 9.17 Å². The summed E-state index contributed by atoms with van der Waals surface area (Å²) in [6, 6.07) is 0. The Morgan fingerprint density at radius 2 is 2.16 bits per heavy atom. The summed E-state index contributed by atoms with van der Waals surface area (Å²) in [5.41, 5.74) is 0.558. The van der Waals surface area contributed by atoms with E-state index in [4.69, 9.17) is 14.6 Å². The molecular weight excluding hydrogens is 354 g/mol. The molecule has 2 aromatic heterocycles. The summed E-state index contributed by atoms with van der Waals surface area (Å²) in [6.45, 7) is 1.04. The van der Waals surface area contributed by atoms with Crippen LogP contribution >= 0.6 is 38.6 Å². The van der Waals surface area contributed by atoms with Gasteiger partial charge >= 0.3 is 5.97 Å². The van der Waals surface area contributed by atoms with E-state index in [0.717, 1.165) is 13.7 Å². The van der Waals surface area contributed by atoms with Crippen molar-refractivity contribution in [2.45, 2.75) is 6.42 Å². The molecule has 0 amide bonds. The minimum atomic E-state index is -0.883. The van der Waals surface area contributed by atoms with Crippen molar-refractivity contribution in [3.63, 3.8) is 0 Å². The van der Waals surface area contributed by atoms with Gasteiger partial charge in [0.1, 0.15) is 26.9 Å². The number of carbonyl (C=O) groups is 1. The molecule has 1 N–H and O–H groups in total. The Hall–Kier alpha value is -1.12. The number of rotatable bonds is 3. The van der Waals surface area contributed by atoms with Gasteiger partial charge in [-0.25, -0.2) is 4.98 Å². The second-order valence-electron chi connectivity index (χ2n) is 3.77. The number of carboxylic acids is 1. The number of ether oxygens (including phenoxy) is 2. The van der Waals surface area contributed by atoms with E-state index in [1.54, 1.807) is 5.38 Å². The number of aliphatic carboxylic acids is 1. The first-order valence-electron chi connectivity index (χ1n) is 5.39. The number of nitrogens with zero attached hydrogens (tertiary/aromatic N) is 1. The van der Waals surface area contributed by atoms with E-state index in [-0.39, 0.29) is 6.42 Å².